The summed E-state index contributed by atoms with van der Waals surface area (Å²) in [5.41, 5.74) is -0.565. The van der Waals surface area contributed by atoms with Crippen LogP contribution in [0.2, 0.25) is 5.15 Å². The standard InChI is InChI=1S/C12H5ClFN3O3/c13-11-4-3-10(17(18)19)12(16-11)20-8-2-1-7(6-15)9(14)5-8/h1-5H. The van der Waals surface area contributed by atoms with E-state index in [0.717, 1.165) is 12.1 Å². The Balaban J connectivity index is 2.39. The van der Waals surface area contributed by atoms with E-state index >= 15 is 0 Å². The van der Waals surface area contributed by atoms with Gasteiger partial charge in [0.05, 0.1) is 10.5 Å². The van der Waals surface area contributed by atoms with Crippen LogP contribution in [0.25, 0.3) is 0 Å². The molecule has 0 saturated carbocycles. The summed E-state index contributed by atoms with van der Waals surface area (Å²) in [5, 5.41) is 19.4. The predicted molar refractivity (Wildman–Crippen MR) is 67.1 cm³/mol. The number of hydrogen-bond acceptors (Lipinski definition) is 5. The van der Waals surface area contributed by atoms with Gasteiger partial charge in [0.1, 0.15) is 22.8 Å². The molecule has 100 valence electrons. The SMILES string of the molecule is N#Cc1ccc(Oc2nc(Cl)ccc2[N+](=O)[O-])cc1F. The van der Waals surface area contributed by atoms with Crippen LogP contribution in [0.5, 0.6) is 11.6 Å². The van der Waals surface area contributed by atoms with E-state index in [0.29, 0.717) is 0 Å². The summed E-state index contributed by atoms with van der Waals surface area (Å²) < 4.78 is 18.6. The van der Waals surface area contributed by atoms with Crippen LogP contribution in [0, 0.1) is 27.3 Å². The molecule has 20 heavy (non-hydrogen) atoms. The first-order valence-corrected chi connectivity index (χ1v) is 5.57. The number of pyridine rings is 1. The van der Waals surface area contributed by atoms with Gasteiger partial charge in [-0.1, -0.05) is 11.6 Å². The van der Waals surface area contributed by atoms with Crippen molar-refractivity contribution in [3.8, 4) is 17.7 Å². The molecule has 0 spiro atoms. The molecule has 0 saturated heterocycles. The fourth-order valence-electron chi connectivity index (χ4n) is 1.39. The van der Waals surface area contributed by atoms with E-state index in [4.69, 9.17) is 21.6 Å². The molecule has 0 aliphatic rings. The molecule has 0 atom stereocenters. The number of nitriles is 1. The van der Waals surface area contributed by atoms with Gasteiger partial charge >= 0.3 is 11.6 Å². The Kier molecular flexibility index (Phi) is 3.77. The van der Waals surface area contributed by atoms with Crippen LogP contribution in [0.4, 0.5) is 10.1 Å². The lowest BCUT2D eigenvalue weighted by atomic mass is 10.2. The minimum Gasteiger partial charge on any atom is -0.434 e. The number of halogens is 2. The Morgan fingerprint density at radius 3 is 2.75 bits per heavy atom. The average Bonchev–Trinajstić information content (AvgIpc) is 2.38. The highest BCUT2D eigenvalue weighted by Gasteiger charge is 2.18. The van der Waals surface area contributed by atoms with Crippen molar-refractivity contribution in [2.75, 3.05) is 0 Å². The Morgan fingerprint density at radius 2 is 2.15 bits per heavy atom. The van der Waals surface area contributed by atoms with Gasteiger partial charge in [0.15, 0.2) is 0 Å². The first-order chi connectivity index (χ1) is 9.51. The minimum atomic E-state index is -0.797. The third kappa shape index (κ3) is 2.81. The van der Waals surface area contributed by atoms with E-state index in [1.54, 1.807) is 6.07 Å². The fraction of sp³-hybridized carbons (Fsp3) is 0. The molecule has 0 aliphatic carbocycles. The van der Waals surface area contributed by atoms with Crippen molar-refractivity contribution < 1.29 is 14.1 Å². The topological polar surface area (TPSA) is 89.0 Å². The number of benzene rings is 1. The zero-order chi connectivity index (χ0) is 14.7. The number of rotatable bonds is 3. The quantitative estimate of drug-likeness (QED) is 0.491. The summed E-state index contributed by atoms with van der Waals surface area (Å²) in [5.74, 6) is -1.18. The van der Waals surface area contributed by atoms with Crippen LogP contribution in [-0.4, -0.2) is 9.91 Å². The predicted octanol–water partition coefficient (Wildman–Crippen LogP) is 3.45. The molecule has 0 amide bonds. The van der Waals surface area contributed by atoms with Gasteiger partial charge < -0.3 is 4.74 Å². The van der Waals surface area contributed by atoms with E-state index in [9.17, 15) is 14.5 Å². The first-order valence-electron chi connectivity index (χ1n) is 5.19. The minimum absolute atomic E-state index is 0.000262. The summed E-state index contributed by atoms with van der Waals surface area (Å²) >= 11 is 5.64. The van der Waals surface area contributed by atoms with Crippen molar-refractivity contribution in [3.05, 3.63) is 57.0 Å². The van der Waals surface area contributed by atoms with Crippen LogP contribution < -0.4 is 4.74 Å². The maximum atomic E-state index is 13.4. The van der Waals surface area contributed by atoms with Crippen molar-refractivity contribution in [2.45, 2.75) is 0 Å². The van der Waals surface area contributed by atoms with Gasteiger partial charge in [-0.15, -0.1) is 0 Å². The smallest absolute Gasteiger partial charge is 0.331 e. The highest BCUT2D eigenvalue weighted by molar-refractivity contribution is 6.29. The van der Waals surface area contributed by atoms with E-state index in [-0.39, 0.29) is 22.3 Å². The lowest BCUT2D eigenvalue weighted by Gasteiger charge is -2.06. The molecule has 0 N–H and O–H groups in total. The molecule has 1 aromatic carbocycles. The van der Waals surface area contributed by atoms with Gasteiger partial charge in [-0.3, -0.25) is 10.1 Å². The Hall–Kier alpha value is -2.72. The maximum Gasteiger partial charge on any atom is 0.331 e. The number of aromatic nitrogens is 1. The number of nitrogens with zero attached hydrogens (tertiary/aromatic N) is 3. The molecule has 1 aromatic heterocycles. The second kappa shape index (κ2) is 5.50. The molecule has 0 bridgehead atoms. The van der Waals surface area contributed by atoms with Crippen molar-refractivity contribution in [3.63, 3.8) is 0 Å². The van der Waals surface area contributed by atoms with Crippen molar-refractivity contribution >= 4 is 17.3 Å². The zero-order valence-corrected chi connectivity index (χ0v) is 10.5. The summed E-state index contributed by atoms with van der Waals surface area (Å²) in [4.78, 5) is 13.8. The largest absolute Gasteiger partial charge is 0.434 e. The molecule has 8 heteroatoms. The van der Waals surface area contributed by atoms with Crippen LogP contribution in [0.3, 0.4) is 0 Å². The number of ether oxygens (including phenoxy) is 1. The van der Waals surface area contributed by atoms with Crippen molar-refractivity contribution in [1.29, 1.82) is 5.26 Å². The first kappa shape index (κ1) is 13.7. The van der Waals surface area contributed by atoms with Crippen LogP contribution >= 0.6 is 11.6 Å². The van der Waals surface area contributed by atoms with E-state index in [1.165, 1.54) is 18.2 Å². The normalized spacial score (nSPS) is 9.85. The second-order valence-electron chi connectivity index (χ2n) is 3.57. The molecular formula is C12H5ClFN3O3. The Morgan fingerprint density at radius 1 is 1.40 bits per heavy atom. The third-order valence-corrected chi connectivity index (χ3v) is 2.49. The zero-order valence-electron chi connectivity index (χ0n) is 9.71. The maximum absolute atomic E-state index is 13.4. The van der Waals surface area contributed by atoms with E-state index in [1.807, 2.05) is 0 Å². The van der Waals surface area contributed by atoms with Gasteiger partial charge in [-0.2, -0.15) is 10.2 Å². The number of nitro groups is 1. The van der Waals surface area contributed by atoms with Crippen LogP contribution in [0.15, 0.2) is 30.3 Å². The molecule has 0 radical (unpaired) electrons. The summed E-state index contributed by atoms with van der Waals surface area (Å²) in [6.07, 6.45) is 0. The molecule has 1 heterocycles. The van der Waals surface area contributed by atoms with Crippen LogP contribution in [-0.2, 0) is 0 Å². The van der Waals surface area contributed by atoms with Gasteiger partial charge in [0, 0.05) is 12.1 Å². The summed E-state index contributed by atoms with van der Waals surface area (Å²) in [6, 6.07) is 7.45. The highest BCUT2D eigenvalue weighted by Crippen LogP contribution is 2.31. The molecule has 0 aliphatic heterocycles. The summed E-state index contributed by atoms with van der Waals surface area (Å²) in [7, 11) is 0. The lowest BCUT2D eigenvalue weighted by Crippen LogP contribution is -1.96. The van der Waals surface area contributed by atoms with Gasteiger partial charge in [0.25, 0.3) is 0 Å². The van der Waals surface area contributed by atoms with Crippen LogP contribution in [0.1, 0.15) is 5.56 Å². The van der Waals surface area contributed by atoms with Gasteiger partial charge in [-0.25, -0.2) is 4.39 Å². The second-order valence-corrected chi connectivity index (χ2v) is 3.96. The molecule has 6 nitrogen and oxygen atoms in total. The average molecular weight is 294 g/mol. The third-order valence-electron chi connectivity index (χ3n) is 2.28. The molecule has 0 unspecified atom stereocenters. The fourth-order valence-corrected chi connectivity index (χ4v) is 1.53. The number of hydrogen-bond donors (Lipinski definition) is 0. The Bertz CT molecular complexity index is 730. The summed E-state index contributed by atoms with van der Waals surface area (Å²) in [6.45, 7) is 0. The van der Waals surface area contributed by atoms with Crippen molar-refractivity contribution in [2.24, 2.45) is 0 Å². The lowest BCUT2D eigenvalue weighted by molar-refractivity contribution is -0.386. The molecule has 0 fully saturated rings. The van der Waals surface area contributed by atoms with E-state index < -0.39 is 16.4 Å². The molecule has 2 rings (SSSR count). The molecule has 2 aromatic rings. The van der Waals surface area contributed by atoms with E-state index in [2.05, 4.69) is 4.98 Å². The van der Waals surface area contributed by atoms with Gasteiger partial charge in [-0.05, 0) is 18.2 Å². The monoisotopic (exact) mass is 293 g/mol. The highest BCUT2D eigenvalue weighted by atomic mass is 35.5. The van der Waals surface area contributed by atoms with Crippen molar-refractivity contribution in [1.82, 2.24) is 4.98 Å². The van der Waals surface area contributed by atoms with Gasteiger partial charge in [0.2, 0.25) is 0 Å². The molecular weight excluding hydrogens is 289 g/mol. The Labute approximate surface area is 117 Å².